The maximum atomic E-state index is 10.7. The highest BCUT2D eigenvalue weighted by molar-refractivity contribution is 5.88. The smallest absolute Gasteiger partial charge is 0.335 e. The number of benzene rings is 2. The molecule has 2 aromatic rings. The summed E-state index contributed by atoms with van der Waals surface area (Å²) in [6.45, 7) is 0. The number of hydrogen-bond acceptors (Lipinski definition) is 2. The Morgan fingerprint density at radius 2 is 1.21 bits per heavy atom. The van der Waals surface area contributed by atoms with Gasteiger partial charge in [0.05, 0.1) is 5.56 Å². The van der Waals surface area contributed by atoms with Crippen molar-refractivity contribution in [1.82, 2.24) is 0 Å². The molecule has 0 aliphatic heterocycles. The molecule has 0 amide bonds. The Labute approximate surface area is 110 Å². The van der Waals surface area contributed by atoms with Gasteiger partial charge in [-0.1, -0.05) is 48.6 Å². The van der Waals surface area contributed by atoms with Crippen molar-refractivity contribution in [2.75, 3.05) is 0 Å². The van der Waals surface area contributed by atoms with Crippen LogP contribution in [0.25, 0.3) is 12.2 Å². The zero-order valence-electron chi connectivity index (χ0n) is 10.1. The van der Waals surface area contributed by atoms with E-state index in [2.05, 4.69) is 0 Å². The average Bonchev–Trinajstić information content (AvgIpc) is 2.46. The molecule has 0 aliphatic rings. The molecule has 3 heteroatoms. The van der Waals surface area contributed by atoms with Crippen molar-refractivity contribution in [3.63, 3.8) is 0 Å². The average molecular weight is 252 g/mol. The van der Waals surface area contributed by atoms with E-state index in [4.69, 9.17) is 5.11 Å². The summed E-state index contributed by atoms with van der Waals surface area (Å²) in [4.78, 5) is 21.2. The molecule has 0 radical (unpaired) electrons. The second-order valence-electron chi connectivity index (χ2n) is 4.05. The van der Waals surface area contributed by atoms with Crippen molar-refractivity contribution in [2.24, 2.45) is 0 Å². The Hall–Kier alpha value is -2.68. The quantitative estimate of drug-likeness (QED) is 0.670. The molecular weight excluding hydrogens is 240 g/mol. The van der Waals surface area contributed by atoms with Gasteiger partial charge in [0, 0.05) is 5.56 Å². The van der Waals surface area contributed by atoms with Crippen molar-refractivity contribution >= 4 is 24.4 Å². The fourth-order valence-electron chi connectivity index (χ4n) is 1.61. The van der Waals surface area contributed by atoms with Gasteiger partial charge >= 0.3 is 5.97 Å². The molecule has 0 aliphatic carbocycles. The van der Waals surface area contributed by atoms with Gasteiger partial charge in [0.15, 0.2) is 0 Å². The third-order valence-electron chi connectivity index (χ3n) is 2.70. The molecule has 94 valence electrons. The Kier molecular flexibility index (Phi) is 3.88. The normalized spacial score (nSPS) is 10.5. The van der Waals surface area contributed by atoms with E-state index in [-0.39, 0.29) is 5.56 Å². The highest BCUT2D eigenvalue weighted by atomic mass is 16.4. The zero-order chi connectivity index (χ0) is 13.7. The largest absolute Gasteiger partial charge is 0.478 e. The maximum absolute atomic E-state index is 10.7. The first-order valence-electron chi connectivity index (χ1n) is 5.76. The molecule has 0 fully saturated rings. The van der Waals surface area contributed by atoms with Gasteiger partial charge in [-0.2, -0.15) is 0 Å². The SMILES string of the molecule is O=Cc1ccc(/C=C\c2ccc(C(=O)O)cc2)cc1. The summed E-state index contributed by atoms with van der Waals surface area (Å²) in [5.41, 5.74) is 2.81. The van der Waals surface area contributed by atoms with Crippen molar-refractivity contribution in [3.05, 3.63) is 70.8 Å². The van der Waals surface area contributed by atoms with Crippen molar-refractivity contribution in [3.8, 4) is 0 Å². The molecule has 19 heavy (non-hydrogen) atoms. The molecule has 2 aromatic carbocycles. The third-order valence-corrected chi connectivity index (χ3v) is 2.70. The molecule has 0 heterocycles. The van der Waals surface area contributed by atoms with E-state index >= 15 is 0 Å². The summed E-state index contributed by atoms with van der Waals surface area (Å²) >= 11 is 0. The van der Waals surface area contributed by atoms with Crippen LogP contribution in [0.3, 0.4) is 0 Å². The number of rotatable bonds is 4. The lowest BCUT2D eigenvalue weighted by atomic mass is 10.1. The highest BCUT2D eigenvalue weighted by Gasteiger charge is 1.99. The van der Waals surface area contributed by atoms with Gasteiger partial charge in [0.2, 0.25) is 0 Å². The Bertz CT molecular complexity index is 607. The van der Waals surface area contributed by atoms with Crippen LogP contribution in [-0.2, 0) is 0 Å². The summed E-state index contributed by atoms with van der Waals surface area (Å²) in [5, 5.41) is 8.79. The van der Waals surface area contributed by atoms with Crippen molar-refractivity contribution in [2.45, 2.75) is 0 Å². The van der Waals surface area contributed by atoms with Crippen molar-refractivity contribution in [1.29, 1.82) is 0 Å². The number of aromatic carboxylic acids is 1. The van der Waals surface area contributed by atoms with Crippen LogP contribution >= 0.6 is 0 Å². The van der Waals surface area contributed by atoms with Crippen LogP contribution in [0.5, 0.6) is 0 Å². The zero-order valence-corrected chi connectivity index (χ0v) is 10.1. The number of hydrogen-bond donors (Lipinski definition) is 1. The monoisotopic (exact) mass is 252 g/mol. The first-order valence-corrected chi connectivity index (χ1v) is 5.76. The number of carboxylic acid groups (broad SMARTS) is 1. The molecule has 0 unspecified atom stereocenters. The first kappa shape index (κ1) is 12.8. The second kappa shape index (κ2) is 5.78. The van der Waals surface area contributed by atoms with Crippen LogP contribution < -0.4 is 0 Å². The standard InChI is InChI=1S/C16H12O3/c17-11-14-5-3-12(4-6-14)1-2-13-7-9-15(10-8-13)16(18)19/h1-11H,(H,18,19)/b2-1-. The number of carbonyl (C=O) groups excluding carboxylic acids is 1. The van der Waals surface area contributed by atoms with Crippen LogP contribution in [0.4, 0.5) is 0 Å². The Morgan fingerprint density at radius 1 is 0.789 bits per heavy atom. The van der Waals surface area contributed by atoms with E-state index in [0.29, 0.717) is 5.56 Å². The van der Waals surface area contributed by atoms with Gasteiger partial charge < -0.3 is 5.11 Å². The number of carbonyl (C=O) groups is 2. The first-order chi connectivity index (χ1) is 9.19. The predicted octanol–water partition coefficient (Wildman–Crippen LogP) is 3.37. The van der Waals surface area contributed by atoms with E-state index in [1.807, 2.05) is 24.3 Å². The third kappa shape index (κ3) is 3.39. The van der Waals surface area contributed by atoms with Gasteiger partial charge in [-0.3, -0.25) is 4.79 Å². The lowest BCUT2D eigenvalue weighted by molar-refractivity contribution is 0.0696. The molecule has 0 saturated carbocycles. The molecule has 0 atom stereocenters. The Balaban J connectivity index is 2.12. The van der Waals surface area contributed by atoms with E-state index in [1.165, 1.54) is 0 Å². The minimum Gasteiger partial charge on any atom is -0.478 e. The summed E-state index contributed by atoms with van der Waals surface area (Å²) < 4.78 is 0. The van der Waals surface area contributed by atoms with E-state index in [0.717, 1.165) is 17.4 Å². The molecule has 0 aromatic heterocycles. The number of aldehydes is 1. The summed E-state index contributed by atoms with van der Waals surface area (Å²) in [7, 11) is 0. The van der Waals surface area contributed by atoms with Crippen molar-refractivity contribution < 1.29 is 14.7 Å². The van der Waals surface area contributed by atoms with Gasteiger partial charge in [0.1, 0.15) is 6.29 Å². The van der Waals surface area contributed by atoms with E-state index in [9.17, 15) is 9.59 Å². The second-order valence-corrected chi connectivity index (χ2v) is 4.05. The van der Waals surface area contributed by atoms with Crippen LogP contribution in [0.1, 0.15) is 31.8 Å². The fourth-order valence-corrected chi connectivity index (χ4v) is 1.61. The van der Waals surface area contributed by atoms with Crippen LogP contribution in [0.2, 0.25) is 0 Å². The van der Waals surface area contributed by atoms with E-state index < -0.39 is 5.97 Å². The van der Waals surface area contributed by atoms with Crippen LogP contribution in [0, 0.1) is 0 Å². The molecule has 0 bridgehead atoms. The van der Waals surface area contributed by atoms with Gasteiger partial charge in [-0.05, 0) is 23.3 Å². The summed E-state index contributed by atoms with van der Waals surface area (Å²) in [6, 6.07) is 13.8. The molecule has 3 nitrogen and oxygen atoms in total. The topological polar surface area (TPSA) is 54.4 Å². The molecular formula is C16H12O3. The fraction of sp³-hybridized carbons (Fsp3) is 0. The molecule has 0 spiro atoms. The maximum Gasteiger partial charge on any atom is 0.335 e. The minimum absolute atomic E-state index is 0.271. The Morgan fingerprint density at radius 3 is 1.63 bits per heavy atom. The van der Waals surface area contributed by atoms with Gasteiger partial charge in [-0.25, -0.2) is 4.79 Å². The lowest BCUT2D eigenvalue weighted by Crippen LogP contribution is -1.94. The highest BCUT2D eigenvalue weighted by Crippen LogP contribution is 2.10. The number of carboxylic acids is 1. The predicted molar refractivity (Wildman–Crippen MR) is 74.2 cm³/mol. The van der Waals surface area contributed by atoms with Crippen LogP contribution in [0.15, 0.2) is 48.5 Å². The minimum atomic E-state index is -0.931. The lowest BCUT2D eigenvalue weighted by Gasteiger charge is -1.97. The van der Waals surface area contributed by atoms with Gasteiger partial charge in [-0.15, -0.1) is 0 Å². The summed E-state index contributed by atoms with van der Waals surface area (Å²) in [6.07, 6.45) is 4.60. The summed E-state index contributed by atoms with van der Waals surface area (Å²) in [5.74, 6) is -0.931. The molecule has 0 saturated heterocycles. The van der Waals surface area contributed by atoms with Gasteiger partial charge in [0.25, 0.3) is 0 Å². The van der Waals surface area contributed by atoms with E-state index in [1.54, 1.807) is 36.4 Å². The van der Waals surface area contributed by atoms with Crippen LogP contribution in [-0.4, -0.2) is 17.4 Å². The molecule has 2 rings (SSSR count). The molecule has 1 N–H and O–H groups in total.